The van der Waals surface area contributed by atoms with Crippen LogP contribution in [0.5, 0.6) is 5.75 Å². The normalized spacial score (nSPS) is 15.9. The molecule has 1 aromatic heterocycles. The summed E-state index contributed by atoms with van der Waals surface area (Å²) < 4.78 is 5.51. The number of hydrogen-bond acceptors (Lipinski definition) is 7. The number of carbonyl (C=O) groups excluding carboxylic acids is 3. The fourth-order valence-corrected chi connectivity index (χ4v) is 2.37. The third-order valence-corrected chi connectivity index (χ3v) is 3.37. The Morgan fingerprint density at radius 3 is 2.35 bits per heavy atom. The first-order chi connectivity index (χ1) is 10.6. The second-order valence-electron chi connectivity index (χ2n) is 5.66. The van der Waals surface area contributed by atoms with Crippen molar-refractivity contribution in [3.63, 3.8) is 0 Å². The zero-order chi connectivity index (χ0) is 17.5. The molecule has 23 heavy (non-hydrogen) atoms. The number of fused-ring (bicyclic) bond motifs is 1. The Hall–Kier alpha value is -2.84. The Morgan fingerprint density at radius 1 is 1.30 bits per heavy atom. The fraction of sp³-hybridized carbons (Fsp3) is 0.429. The summed E-state index contributed by atoms with van der Waals surface area (Å²) in [5, 5.41) is 10.9. The lowest BCUT2D eigenvalue weighted by molar-refractivity contribution is -0.389. The van der Waals surface area contributed by atoms with Gasteiger partial charge in [0.05, 0.1) is 0 Å². The van der Waals surface area contributed by atoms with Crippen LogP contribution in [0, 0.1) is 10.1 Å². The zero-order valence-corrected chi connectivity index (χ0v) is 13.0. The monoisotopic (exact) mass is 321 g/mol. The highest BCUT2D eigenvalue weighted by Gasteiger charge is 2.49. The van der Waals surface area contributed by atoms with Gasteiger partial charge >= 0.3 is 5.82 Å². The molecule has 0 radical (unpaired) electrons. The molecule has 0 aliphatic carbocycles. The maximum absolute atomic E-state index is 12.6. The van der Waals surface area contributed by atoms with E-state index in [1.807, 2.05) is 0 Å². The van der Waals surface area contributed by atoms with Crippen molar-refractivity contribution in [2.24, 2.45) is 0 Å². The molecule has 9 heteroatoms. The molecule has 0 N–H and O–H groups in total. The van der Waals surface area contributed by atoms with E-state index in [9.17, 15) is 24.5 Å². The Bertz CT molecular complexity index is 713. The highest BCUT2D eigenvalue weighted by molar-refractivity contribution is 6.16. The maximum atomic E-state index is 12.6. The van der Waals surface area contributed by atoms with Gasteiger partial charge in [0.25, 0.3) is 11.7 Å². The van der Waals surface area contributed by atoms with Crippen LogP contribution in [0.1, 0.15) is 27.7 Å². The molecule has 0 saturated heterocycles. The largest absolute Gasteiger partial charge is 0.472 e. The zero-order valence-electron chi connectivity index (χ0n) is 13.0. The Labute approximate surface area is 131 Å². The lowest BCUT2D eigenvalue weighted by Crippen LogP contribution is -2.59. The van der Waals surface area contributed by atoms with E-state index in [0.29, 0.717) is 0 Å². The molecule has 122 valence electrons. The van der Waals surface area contributed by atoms with Gasteiger partial charge in [-0.25, -0.2) is 0 Å². The quantitative estimate of drug-likeness (QED) is 0.461. The SMILES string of the molecule is CC(=O)C(C(C)=O)N1C(=O)C(C)(C)Oc2ccc([N+](=O)[O-])nc21. The second-order valence-corrected chi connectivity index (χ2v) is 5.66. The number of ether oxygens (including phenoxy) is 1. The number of nitro groups is 1. The highest BCUT2D eigenvalue weighted by Crippen LogP contribution is 2.38. The van der Waals surface area contributed by atoms with Crippen molar-refractivity contribution in [1.82, 2.24) is 4.98 Å². The van der Waals surface area contributed by atoms with E-state index in [1.165, 1.54) is 33.8 Å². The summed E-state index contributed by atoms with van der Waals surface area (Å²) in [6, 6.07) is 1.01. The first kappa shape index (κ1) is 16.5. The molecule has 0 spiro atoms. The van der Waals surface area contributed by atoms with Crippen molar-refractivity contribution in [2.45, 2.75) is 39.3 Å². The number of nitrogens with zero attached hydrogens (tertiary/aromatic N) is 3. The Balaban J connectivity index is 2.71. The summed E-state index contributed by atoms with van der Waals surface area (Å²) in [4.78, 5) is 51.2. The van der Waals surface area contributed by atoms with Gasteiger partial charge in [-0.2, -0.15) is 0 Å². The average molecular weight is 321 g/mol. The van der Waals surface area contributed by atoms with E-state index < -0.39 is 39.9 Å². The van der Waals surface area contributed by atoms with Crippen LogP contribution >= 0.6 is 0 Å². The van der Waals surface area contributed by atoms with Crippen LogP contribution in [0.3, 0.4) is 0 Å². The van der Waals surface area contributed by atoms with Crippen molar-refractivity contribution in [3.05, 3.63) is 22.2 Å². The third kappa shape index (κ3) is 2.77. The summed E-state index contributed by atoms with van der Waals surface area (Å²) in [6.45, 7) is 5.28. The van der Waals surface area contributed by atoms with Crippen LogP contribution in [-0.2, 0) is 14.4 Å². The highest BCUT2D eigenvalue weighted by atomic mass is 16.6. The van der Waals surface area contributed by atoms with Crippen molar-refractivity contribution < 1.29 is 24.0 Å². The summed E-state index contributed by atoms with van der Waals surface area (Å²) in [5.74, 6) is -2.44. The van der Waals surface area contributed by atoms with E-state index in [0.717, 1.165) is 11.0 Å². The van der Waals surface area contributed by atoms with E-state index in [-0.39, 0.29) is 11.6 Å². The number of hydrogen-bond donors (Lipinski definition) is 0. The minimum atomic E-state index is -1.40. The number of rotatable bonds is 4. The Morgan fingerprint density at radius 2 is 1.87 bits per heavy atom. The van der Waals surface area contributed by atoms with Gasteiger partial charge in [-0.3, -0.25) is 19.3 Å². The average Bonchev–Trinajstić information content (AvgIpc) is 2.41. The molecule has 0 unspecified atom stereocenters. The van der Waals surface area contributed by atoms with Crippen molar-refractivity contribution in [3.8, 4) is 5.75 Å². The maximum Gasteiger partial charge on any atom is 0.366 e. The summed E-state index contributed by atoms with van der Waals surface area (Å²) in [6.07, 6.45) is 0. The number of aromatic nitrogens is 1. The van der Waals surface area contributed by atoms with Crippen molar-refractivity contribution in [1.29, 1.82) is 0 Å². The van der Waals surface area contributed by atoms with Crippen LogP contribution in [-0.4, -0.2) is 39.0 Å². The smallest absolute Gasteiger partial charge is 0.366 e. The molecule has 9 nitrogen and oxygen atoms in total. The lowest BCUT2D eigenvalue weighted by Gasteiger charge is -2.38. The predicted octanol–water partition coefficient (Wildman–Crippen LogP) is 1.04. The van der Waals surface area contributed by atoms with E-state index in [4.69, 9.17) is 4.74 Å². The molecular weight excluding hydrogens is 306 g/mol. The van der Waals surface area contributed by atoms with Gasteiger partial charge in [0, 0.05) is 6.07 Å². The van der Waals surface area contributed by atoms with Gasteiger partial charge in [-0.1, -0.05) is 0 Å². The number of Topliss-reactive ketones (excluding diaryl/α,β-unsaturated/α-hetero) is 2. The number of ketones is 2. The van der Waals surface area contributed by atoms with Crippen LogP contribution < -0.4 is 9.64 Å². The van der Waals surface area contributed by atoms with Crippen LogP contribution in [0.4, 0.5) is 11.6 Å². The lowest BCUT2D eigenvalue weighted by atomic mass is 10.00. The topological polar surface area (TPSA) is 120 Å². The van der Waals surface area contributed by atoms with E-state index in [1.54, 1.807) is 0 Å². The van der Waals surface area contributed by atoms with Crippen LogP contribution in [0.2, 0.25) is 0 Å². The molecule has 0 bridgehead atoms. The van der Waals surface area contributed by atoms with Gasteiger partial charge in [0.1, 0.15) is 0 Å². The van der Waals surface area contributed by atoms with Crippen molar-refractivity contribution >= 4 is 29.1 Å². The van der Waals surface area contributed by atoms with Gasteiger partial charge in [0.15, 0.2) is 29.0 Å². The van der Waals surface area contributed by atoms with Gasteiger partial charge in [0.2, 0.25) is 0 Å². The molecule has 0 aromatic carbocycles. The standard InChI is InChI=1S/C14H15N3O6/c1-7(18)11(8(2)19)16-12-9(23-14(3,4)13(16)20)5-6-10(15-12)17(21)22/h5-6,11H,1-4H3. The number of carbonyl (C=O) groups is 3. The summed E-state index contributed by atoms with van der Waals surface area (Å²) >= 11 is 0. The van der Waals surface area contributed by atoms with E-state index >= 15 is 0 Å². The molecule has 1 amide bonds. The predicted molar refractivity (Wildman–Crippen MR) is 78.2 cm³/mol. The Kier molecular flexibility index (Phi) is 3.89. The van der Waals surface area contributed by atoms with Gasteiger partial charge in [-0.05, 0) is 43.7 Å². The van der Waals surface area contributed by atoms with Crippen molar-refractivity contribution in [2.75, 3.05) is 4.90 Å². The minimum Gasteiger partial charge on any atom is -0.472 e. The molecule has 0 atom stereocenters. The first-order valence-corrected chi connectivity index (χ1v) is 6.75. The molecule has 2 heterocycles. The molecule has 1 aliphatic heterocycles. The van der Waals surface area contributed by atoms with Crippen LogP contribution in [0.15, 0.2) is 12.1 Å². The molecule has 2 rings (SSSR count). The minimum absolute atomic E-state index is 0.0905. The number of anilines is 1. The van der Waals surface area contributed by atoms with E-state index in [2.05, 4.69) is 4.98 Å². The first-order valence-electron chi connectivity index (χ1n) is 6.75. The fourth-order valence-electron chi connectivity index (χ4n) is 2.37. The second kappa shape index (κ2) is 5.41. The molecule has 0 saturated carbocycles. The summed E-state index contributed by atoms with van der Waals surface area (Å²) in [5.41, 5.74) is -1.34. The molecule has 1 aromatic rings. The number of amides is 1. The molecule has 1 aliphatic rings. The summed E-state index contributed by atoms with van der Waals surface area (Å²) in [7, 11) is 0. The van der Waals surface area contributed by atoms with Crippen LogP contribution in [0.25, 0.3) is 0 Å². The molecular formula is C14H15N3O6. The number of pyridine rings is 1. The molecule has 0 fully saturated rings. The third-order valence-electron chi connectivity index (χ3n) is 3.37. The van der Waals surface area contributed by atoms with Gasteiger partial charge < -0.3 is 14.9 Å². The van der Waals surface area contributed by atoms with Gasteiger partial charge in [-0.15, -0.1) is 0 Å².